The number of hydrogen-bond donors (Lipinski definition) is 8. The summed E-state index contributed by atoms with van der Waals surface area (Å²) in [5.74, 6) is -3.62. The molecule has 0 aliphatic rings. The quantitative estimate of drug-likeness (QED) is 0.124. The topological polar surface area (TPSA) is 211 Å². The second-order valence-electron chi connectivity index (χ2n) is 11.1. The zero-order chi connectivity index (χ0) is 33.1. The van der Waals surface area contributed by atoms with E-state index in [0.717, 1.165) is 0 Å². The number of phenolic OH excluding ortho intramolecular Hbond substituents is 3. The van der Waals surface area contributed by atoms with Gasteiger partial charge in [-0.05, 0) is 65.4 Å². The van der Waals surface area contributed by atoms with Crippen LogP contribution in [0, 0.1) is 5.92 Å². The number of benzene rings is 3. The maximum absolute atomic E-state index is 13.8. The number of nitrogens with one attached hydrogen (secondary N) is 3. The van der Waals surface area contributed by atoms with Gasteiger partial charge in [-0.25, -0.2) is 4.79 Å². The third-order valence-electron chi connectivity index (χ3n) is 7.52. The van der Waals surface area contributed by atoms with Crippen LogP contribution in [-0.4, -0.2) is 68.3 Å². The minimum atomic E-state index is -1.24. The fourth-order valence-corrected chi connectivity index (χ4v) is 4.62. The highest BCUT2D eigenvalue weighted by molar-refractivity contribution is 5.94. The van der Waals surface area contributed by atoms with Crippen LogP contribution in [-0.2, 0) is 38.4 Å². The number of rotatable bonds is 15. The van der Waals surface area contributed by atoms with E-state index in [2.05, 4.69) is 16.0 Å². The van der Waals surface area contributed by atoms with E-state index in [-0.39, 0.29) is 36.5 Å². The molecule has 0 fully saturated rings. The summed E-state index contributed by atoms with van der Waals surface area (Å²) in [6, 6.07) is 13.5. The van der Waals surface area contributed by atoms with Crippen LogP contribution in [0.2, 0.25) is 0 Å². The maximum atomic E-state index is 13.8. The van der Waals surface area contributed by atoms with E-state index >= 15 is 0 Å². The molecule has 0 spiro atoms. The van der Waals surface area contributed by atoms with E-state index in [0.29, 0.717) is 23.1 Å². The Labute approximate surface area is 261 Å². The summed E-state index contributed by atoms with van der Waals surface area (Å²) in [7, 11) is 0. The molecule has 5 atom stereocenters. The third kappa shape index (κ3) is 10.5. The summed E-state index contributed by atoms with van der Waals surface area (Å²) in [6.45, 7) is 3.49. The summed E-state index contributed by atoms with van der Waals surface area (Å²) in [6.07, 6.45) is 0.558. The Kier molecular flexibility index (Phi) is 12.3. The summed E-state index contributed by atoms with van der Waals surface area (Å²) in [4.78, 5) is 52.3. The first-order valence-electron chi connectivity index (χ1n) is 14.6. The van der Waals surface area contributed by atoms with Gasteiger partial charge < -0.3 is 42.1 Å². The molecule has 0 radical (unpaired) electrons. The van der Waals surface area contributed by atoms with Crippen molar-refractivity contribution in [1.82, 2.24) is 16.0 Å². The van der Waals surface area contributed by atoms with Gasteiger partial charge in [-0.1, -0.05) is 56.7 Å². The van der Waals surface area contributed by atoms with E-state index in [4.69, 9.17) is 5.73 Å². The molecule has 3 aromatic rings. The summed E-state index contributed by atoms with van der Waals surface area (Å²) < 4.78 is 0. The van der Waals surface area contributed by atoms with Crippen LogP contribution in [0.15, 0.2) is 72.8 Å². The van der Waals surface area contributed by atoms with Crippen LogP contribution in [0.5, 0.6) is 17.2 Å². The van der Waals surface area contributed by atoms with Gasteiger partial charge in [0.2, 0.25) is 17.7 Å². The van der Waals surface area contributed by atoms with Crippen molar-refractivity contribution in [1.29, 1.82) is 0 Å². The van der Waals surface area contributed by atoms with E-state index < -0.39 is 53.8 Å². The molecule has 0 aliphatic carbocycles. The minimum absolute atomic E-state index is 0.00631. The number of carbonyl (C=O) groups excluding carboxylic acids is 3. The second-order valence-corrected chi connectivity index (χ2v) is 11.1. The van der Waals surface area contributed by atoms with Crippen LogP contribution < -0.4 is 21.7 Å². The Morgan fingerprint density at radius 1 is 0.622 bits per heavy atom. The van der Waals surface area contributed by atoms with E-state index in [1.807, 2.05) is 0 Å². The van der Waals surface area contributed by atoms with E-state index in [9.17, 15) is 39.6 Å². The highest BCUT2D eigenvalue weighted by Gasteiger charge is 2.32. The van der Waals surface area contributed by atoms with Crippen molar-refractivity contribution >= 4 is 23.7 Å². The lowest BCUT2D eigenvalue weighted by molar-refractivity contribution is -0.143. The van der Waals surface area contributed by atoms with Gasteiger partial charge in [-0.15, -0.1) is 0 Å². The Balaban J connectivity index is 1.86. The molecule has 3 amide bonds. The Hall–Kier alpha value is -5.10. The Bertz CT molecular complexity index is 1450. The Morgan fingerprint density at radius 2 is 0.978 bits per heavy atom. The van der Waals surface area contributed by atoms with Crippen molar-refractivity contribution in [2.45, 2.75) is 63.7 Å². The van der Waals surface area contributed by atoms with Gasteiger partial charge >= 0.3 is 5.97 Å². The number of phenols is 3. The predicted octanol–water partition coefficient (Wildman–Crippen LogP) is 1.74. The monoisotopic (exact) mass is 620 g/mol. The number of nitrogens with two attached hydrogens (primary N) is 1. The highest BCUT2D eigenvalue weighted by atomic mass is 16.4. The molecule has 0 aliphatic heterocycles. The molecule has 0 bridgehead atoms. The smallest absolute Gasteiger partial charge is 0.326 e. The lowest BCUT2D eigenvalue weighted by Gasteiger charge is -2.27. The zero-order valence-electron chi connectivity index (χ0n) is 25.1. The molecule has 3 rings (SSSR count). The van der Waals surface area contributed by atoms with Gasteiger partial charge in [0.25, 0.3) is 0 Å². The van der Waals surface area contributed by atoms with Crippen molar-refractivity contribution in [3.05, 3.63) is 89.5 Å². The number of carboxylic acid groups (broad SMARTS) is 1. The highest BCUT2D eigenvalue weighted by Crippen LogP contribution is 2.16. The number of aromatic hydroxyl groups is 3. The first-order valence-corrected chi connectivity index (χ1v) is 14.6. The summed E-state index contributed by atoms with van der Waals surface area (Å²) in [5.41, 5.74) is 8.03. The third-order valence-corrected chi connectivity index (χ3v) is 7.52. The largest absolute Gasteiger partial charge is 0.508 e. The first-order chi connectivity index (χ1) is 21.4. The van der Waals surface area contributed by atoms with Crippen molar-refractivity contribution in [2.24, 2.45) is 11.7 Å². The Morgan fingerprint density at radius 3 is 1.36 bits per heavy atom. The van der Waals surface area contributed by atoms with Crippen LogP contribution in [0.25, 0.3) is 0 Å². The van der Waals surface area contributed by atoms with Crippen LogP contribution in [0.1, 0.15) is 37.0 Å². The molecule has 5 unspecified atom stereocenters. The molecule has 45 heavy (non-hydrogen) atoms. The fourth-order valence-electron chi connectivity index (χ4n) is 4.62. The molecule has 0 saturated heterocycles. The van der Waals surface area contributed by atoms with Crippen molar-refractivity contribution < 1.29 is 39.6 Å². The lowest BCUT2D eigenvalue weighted by Crippen LogP contribution is -2.58. The molecule has 12 heteroatoms. The SMILES string of the molecule is CCC(C)C(NC(=O)C(Cc1ccc(O)cc1)NC(=O)C(Cc1ccc(O)cc1)NC(=O)C(N)Cc1ccc(O)cc1)C(=O)O. The van der Waals surface area contributed by atoms with Crippen molar-refractivity contribution in [3.63, 3.8) is 0 Å². The van der Waals surface area contributed by atoms with Gasteiger partial charge in [0, 0.05) is 12.8 Å². The minimum Gasteiger partial charge on any atom is -0.508 e. The second kappa shape index (κ2) is 16.1. The number of carbonyl (C=O) groups is 4. The van der Waals surface area contributed by atoms with Gasteiger partial charge in [-0.2, -0.15) is 0 Å². The molecule has 0 aromatic heterocycles. The van der Waals surface area contributed by atoms with Crippen molar-refractivity contribution in [2.75, 3.05) is 0 Å². The normalized spacial score (nSPS) is 14.3. The molecule has 0 saturated carbocycles. The fraction of sp³-hybridized carbons (Fsp3) is 0.333. The number of aliphatic carboxylic acids is 1. The molecule has 12 nitrogen and oxygen atoms in total. The van der Waals surface area contributed by atoms with Gasteiger partial charge in [-0.3, -0.25) is 14.4 Å². The first kappa shape index (κ1) is 34.4. The van der Waals surface area contributed by atoms with Gasteiger partial charge in [0.05, 0.1) is 6.04 Å². The number of hydrogen-bond acceptors (Lipinski definition) is 8. The molecule has 0 heterocycles. The average Bonchev–Trinajstić information content (AvgIpc) is 3.01. The summed E-state index contributed by atoms with van der Waals surface area (Å²) in [5, 5.41) is 46.5. The maximum Gasteiger partial charge on any atom is 0.326 e. The molecule has 9 N–H and O–H groups in total. The number of carboxylic acids is 1. The standard InChI is InChI=1S/C33H40N4O8/c1-3-19(2)29(33(44)45)37-32(43)28(18-22-8-14-25(40)15-9-22)36-31(42)27(17-21-6-12-24(39)13-7-21)35-30(41)26(34)16-20-4-10-23(38)11-5-20/h4-15,19,26-29,38-40H,3,16-18,34H2,1-2H3,(H,35,41)(H,36,42)(H,37,43)(H,44,45). The lowest BCUT2D eigenvalue weighted by atomic mass is 9.97. The van der Waals surface area contributed by atoms with E-state index in [1.165, 1.54) is 36.4 Å². The molecule has 3 aromatic carbocycles. The van der Waals surface area contributed by atoms with Gasteiger partial charge in [0.1, 0.15) is 35.4 Å². The van der Waals surface area contributed by atoms with Crippen LogP contribution >= 0.6 is 0 Å². The molecule has 240 valence electrons. The zero-order valence-corrected chi connectivity index (χ0v) is 25.1. The van der Waals surface area contributed by atoms with E-state index in [1.54, 1.807) is 50.2 Å². The average molecular weight is 621 g/mol. The molecular formula is C33H40N4O8. The van der Waals surface area contributed by atoms with Crippen molar-refractivity contribution in [3.8, 4) is 17.2 Å². The van der Waals surface area contributed by atoms with Crippen LogP contribution in [0.3, 0.4) is 0 Å². The van der Waals surface area contributed by atoms with Gasteiger partial charge in [0.15, 0.2) is 0 Å². The molecular weight excluding hydrogens is 580 g/mol. The predicted molar refractivity (Wildman–Crippen MR) is 166 cm³/mol. The number of amides is 3. The summed E-state index contributed by atoms with van der Waals surface area (Å²) >= 11 is 0. The van der Waals surface area contributed by atoms with Crippen LogP contribution in [0.4, 0.5) is 0 Å².